The van der Waals surface area contributed by atoms with Crippen LogP contribution in [0.3, 0.4) is 0 Å². The molecule has 0 bridgehead atoms. The number of hydrogen-bond donors (Lipinski definition) is 2. The number of hydrogen-bond acceptors (Lipinski definition) is 2. The van der Waals surface area contributed by atoms with Gasteiger partial charge in [0.15, 0.2) is 0 Å². The molecule has 0 saturated carbocycles. The Morgan fingerprint density at radius 1 is 0.731 bits per heavy atom. The van der Waals surface area contributed by atoms with Gasteiger partial charge in [-0.25, -0.2) is 0 Å². The van der Waals surface area contributed by atoms with Crippen molar-refractivity contribution in [3.05, 3.63) is 94.5 Å². The van der Waals surface area contributed by atoms with Crippen LogP contribution >= 0.6 is 11.6 Å². The fourth-order valence-corrected chi connectivity index (χ4v) is 2.61. The zero-order valence-electron chi connectivity index (χ0n) is 14.1. The molecule has 0 aliphatic carbocycles. The minimum absolute atomic E-state index is 0.210. The maximum atomic E-state index is 12.3. The molecule has 2 N–H and O–H groups in total. The number of benzene rings is 3. The standard InChI is InChI=1S/C21H17ClN2O2/c1-14-6-10-16(11-7-14)23-20(25)15-8-12-17(13-9-15)24-21(26)18-4-2-3-5-19(18)22/h2-13H,1H3,(H,23,25)(H,24,26). The molecule has 0 aromatic heterocycles. The third-order valence-electron chi connectivity index (χ3n) is 3.83. The Kier molecular flexibility index (Phi) is 5.34. The number of rotatable bonds is 4. The molecule has 0 saturated heterocycles. The Morgan fingerprint density at radius 2 is 1.27 bits per heavy atom. The van der Waals surface area contributed by atoms with Crippen LogP contribution in [-0.2, 0) is 0 Å². The van der Waals surface area contributed by atoms with Crippen LogP contribution < -0.4 is 10.6 Å². The summed E-state index contributed by atoms with van der Waals surface area (Å²) in [5.74, 6) is -0.509. The van der Waals surface area contributed by atoms with E-state index in [1.807, 2.05) is 31.2 Å². The molecule has 0 fully saturated rings. The second kappa shape index (κ2) is 7.85. The average Bonchev–Trinajstić information content (AvgIpc) is 2.64. The molecule has 0 radical (unpaired) electrons. The van der Waals surface area contributed by atoms with Crippen LogP contribution in [0.2, 0.25) is 5.02 Å². The second-order valence-electron chi connectivity index (χ2n) is 5.83. The monoisotopic (exact) mass is 364 g/mol. The number of anilines is 2. The van der Waals surface area contributed by atoms with E-state index < -0.39 is 0 Å². The minimum Gasteiger partial charge on any atom is -0.322 e. The number of halogens is 1. The van der Waals surface area contributed by atoms with E-state index in [1.165, 1.54) is 0 Å². The zero-order chi connectivity index (χ0) is 18.5. The van der Waals surface area contributed by atoms with Crippen LogP contribution in [0.15, 0.2) is 72.8 Å². The third kappa shape index (κ3) is 4.29. The van der Waals surface area contributed by atoms with Gasteiger partial charge in [0.2, 0.25) is 0 Å². The maximum Gasteiger partial charge on any atom is 0.257 e. The van der Waals surface area contributed by atoms with Crippen molar-refractivity contribution >= 4 is 34.8 Å². The van der Waals surface area contributed by atoms with Gasteiger partial charge in [0, 0.05) is 16.9 Å². The summed E-state index contributed by atoms with van der Waals surface area (Å²) < 4.78 is 0. The van der Waals surface area contributed by atoms with Crippen molar-refractivity contribution in [1.29, 1.82) is 0 Å². The smallest absolute Gasteiger partial charge is 0.257 e. The van der Waals surface area contributed by atoms with Gasteiger partial charge in [-0.1, -0.05) is 41.4 Å². The fraction of sp³-hybridized carbons (Fsp3) is 0.0476. The van der Waals surface area contributed by atoms with E-state index in [4.69, 9.17) is 11.6 Å². The van der Waals surface area contributed by atoms with Crippen LogP contribution in [0, 0.1) is 6.92 Å². The molecule has 2 amide bonds. The van der Waals surface area contributed by atoms with E-state index in [2.05, 4.69) is 10.6 Å². The topological polar surface area (TPSA) is 58.2 Å². The molecule has 130 valence electrons. The molecule has 5 heteroatoms. The van der Waals surface area contributed by atoms with Gasteiger partial charge < -0.3 is 10.6 Å². The summed E-state index contributed by atoms with van der Waals surface area (Å²) in [5, 5.41) is 5.99. The largest absolute Gasteiger partial charge is 0.322 e. The molecule has 0 aliphatic heterocycles. The zero-order valence-corrected chi connectivity index (χ0v) is 14.9. The molecular weight excluding hydrogens is 348 g/mol. The Morgan fingerprint density at radius 3 is 1.88 bits per heavy atom. The second-order valence-corrected chi connectivity index (χ2v) is 6.24. The van der Waals surface area contributed by atoms with Crippen molar-refractivity contribution in [2.24, 2.45) is 0 Å². The lowest BCUT2D eigenvalue weighted by atomic mass is 10.1. The lowest BCUT2D eigenvalue weighted by Gasteiger charge is -2.08. The van der Waals surface area contributed by atoms with Crippen LogP contribution in [0.25, 0.3) is 0 Å². The Balaban J connectivity index is 1.66. The highest BCUT2D eigenvalue weighted by Crippen LogP contribution is 2.18. The summed E-state index contributed by atoms with van der Waals surface area (Å²) in [6.07, 6.45) is 0. The molecule has 0 spiro atoms. The van der Waals surface area contributed by atoms with Crippen LogP contribution in [-0.4, -0.2) is 11.8 Å². The van der Waals surface area contributed by atoms with E-state index in [1.54, 1.807) is 48.5 Å². The Labute approximate surface area is 156 Å². The molecule has 3 aromatic rings. The van der Waals surface area contributed by atoms with Crippen molar-refractivity contribution in [1.82, 2.24) is 0 Å². The van der Waals surface area contributed by atoms with Gasteiger partial charge in [0.05, 0.1) is 10.6 Å². The first-order valence-corrected chi connectivity index (χ1v) is 8.45. The summed E-state index contributed by atoms with van der Waals surface area (Å²) in [6, 6.07) is 21.1. The van der Waals surface area contributed by atoms with Crippen molar-refractivity contribution in [3.8, 4) is 0 Å². The highest BCUT2D eigenvalue weighted by atomic mass is 35.5. The van der Waals surface area contributed by atoms with Gasteiger partial charge in [0.25, 0.3) is 11.8 Å². The summed E-state index contributed by atoms with van der Waals surface area (Å²) in [6.45, 7) is 1.99. The van der Waals surface area contributed by atoms with E-state index in [9.17, 15) is 9.59 Å². The fourth-order valence-electron chi connectivity index (χ4n) is 2.39. The minimum atomic E-state index is -0.299. The summed E-state index contributed by atoms with van der Waals surface area (Å²) in [7, 11) is 0. The molecule has 0 aliphatic rings. The van der Waals surface area contributed by atoms with Gasteiger partial charge in [0.1, 0.15) is 0 Å². The average molecular weight is 365 g/mol. The molecule has 0 heterocycles. The van der Waals surface area contributed by atoms with Crippen molar-refractivity contribution in [2.45, 2.75) is 6.92 Å². The summed E-state index contributed by atoms with van der Waals surface area (Å²) in [4.78, 5) is 24.5. The SMILES string of the molecule is Cc1ccc(NC(=O)c2ccc(NC(=O)c3ccccc3Cl)cc2)cc1. The number of carbonyl (C=O) groups excluding carboxylic acids is 2. The van der Waals surface area contributed by atoms with Crippen LogP contribution in [0.5, 0.6) is 0 Å². The highest BCUT2D eigenvalue weighted by molar-refractivity contribution is 6.34. The molecule has 0 atom stereocenters. The van der Waals surface area contributed by atoms with Crippen LogP contribution in [0.4, 0.5) is 11.4 Å². The van der Waals surface area contributed by atoms with E-state index in [0.717, 1.165) is 11.3 Å². The van der Waals surface area contributed by atoms with E-state index in [0.29, 0.717) is 21.8 Å². The molecule has 26 heavy (non-hydrogen) atoms. The van der Waals surface area contributed by atoms with Crippen molar-refractivity contribution < 1.29 is 9.59 Å². The molecule has 3 aromatic carbocycles. The first-order chi connectivity index (χ1) is 12.5. The first kappa shape index (κ1) is 17.7. The van der Waals surface area contributed by atoms with Crippen LogP contribution in [0.1, 0.15) is 26.3 Å². The molecule has 0 unspecified atom stereocenters. The Bertz CT molecular complexity index is 935. The maximum absolute atomic E-state index is 12.3. The van der Waals surface area contributed by atoms with Gasteiger partial charge >= 0.3 is 0 Å². The van der Waals surface area contributed by atoms with Gasteiger partial charge in [-0.3, -0.25) is 9.59 Å². The predicted molar refractivity (Wildman–Crippen MR) is 105 cm³/mol. The highest BCUT2D eigenvalue weighted by Gasteiger charge is 2.11. The summed E-state index contributed by atoms with van der Waals surface area (Å²) in [5.41, 5.74) is 3.34. The molecule has 3 rings (SSSR count). The number of aryl methyl sites for hydroxylation is 1. The number of carbonyl (C=O) groups is 2. The Hall–Kier alpha value is -3.11. The van der Waals surface area contributed by atoms with Gasteiger partial charge in [-0.05, 0) is 55.5 Å². The quantitative estimate of drug-likeness (QED) is 0.672. The van der Waals surface area contributed by atoms with Crippen molar-refractivity contribution in [2.75, 3.05) is 10.6 Å². The molecular formula is C21H17ClN2O2. The van der Waals surface area contributed by atoms with Gasteiger partial charge in [-0.15, -0.1) is 0 Å². The lowest BCUT2D eigenvalue weighted by Crippen LogP contribution is -2.14. The number of amides is 2. The van der Waals surface area contributed by atoms with E-state index in [-0.39, 0.29) is 11.8 Å². The van der Waals surface area contributed by atoms with Gasteiger partial charge in [-0.2, -0.15) is 0 Å². The first-order valence-electron chi connectivity index (χ1n) is 8.07. The van der Waals surface area contributed by atoms with Crippen molar-refractivity contribution in [3.63, 3.8) is 0 Å². The molecule has 4 nitrogen and oxygen atoms in total. The summed E-state index contributed by atoms with van der Waals surface area (Å²) >= 11 is 6.03. The van der Waals surface area contributed by atoms with E-state index >= 15 is 0 Å². The predicted octanol–water partition coefficient (Wildman–Crippen LogP) is 5.15. The lowest BCUT2D eigenvalue weighted by molar-refractivity contribution is 0.102. The normalized spacial score (nSPS) is 10.2. The third-order valence-corrected chi connectivity index (χ3v) is 4.16. The number of nitrogens with one attached hydrogen (secondary N) is 2.